The van der Waals surface area contributed by atoms with Crippen molar-refractivity contribution in [3.63, 3.8) is 0 Å². The summed E-state index contributed by atoms with van der Waals surface area (Å²) in [6.45, 7) is 6.78. The zero-order valence-corrected chi connectivity index (χ0v) is 13.5. The van der Waals surface area contributed by atoms with Gasteiger partial charge in [-0.25, -0.2) is 4.79 Å². The highest BCUT2D eigenvalue weighted by Crippen LogP contribution is 2.31. The first kappa shape index (κ1) is 17.3. The van der Waals surface area contributed by atoms with E-state index in [-0.39, 0.29) is 6.09 Å². The number of carbonyl (C=O) groups excluding carboxylic acids is 1. The van der Waals surface area contributed by atoms with Gasteiger partial charge in [0.2, 0.25) is 0 Å². The number of aliphatic hydroxyl groups excluding tert-OH is 1. The molecule has 0 aromatic heterocycles. The Morgan fingerprint density at radius 1 is 1.20 bits per heavy atom. The molecule has 20 heavy (non-hydrogen) atoms. The molecule has 0 spiro atoms. The first-order valence-corrected chi connectivity index (χ1v) is 7.87. The van der Waals surface area contributed by atoms with Crippen LogP contribution in [0.4, 0.5) is 4.79 Å². The lowest BCUT2D eigenvalue weighted by Gasteiger charge is -2.32. The largest absolute Gasteiger partial charge is 0.444 e. The molecule has 118 valence electrons. The summed E-state index contributed by atoms with van der Waals surface area (Å²) >= 11 is 0. The monoisotopic (exact) mass is 285 g/mol. The summed E-state index contributed by atoms with van der Waals surface area (Å²) in [5, 5.41) is 8.86. The van der Waals surface area contributed by atoms with Crippen LogP contribution in [-0.2, 0) is 4.74 Å². The van der Waals surface area contributed by atoms with Crippen molar-refractivity contribution in [1.82, 2.24) is 4.90 Å². The van der Waals surface area contributed by atoms with Gasteiger partial charge in [-0.05, 0) is 58.3 Å². The molecule has 1 rings (SSSR count). The molecular formula is C16H31NO3. The van der Waals surface area contributed by atoms with Gasteiger partial charge < -0.3 is 14.7 Å². The molecule has 1 aliphatic rings. The number of amides is 1. The van der Waals surface area contributed by atoms with E-state index in [4.69, 9.17) is 9.84 Å². The van der Waals surface area contributed by atoms with Crippen molar-refractivity contribution in [1.29, 1.82) is 0 Å². The van der Waals surface area contributed by atoms with Gasteiger partial charge in [0.15, 0.2) is 0 Å². The lowest BCUT2D eigenvalue weighted by molar-refractivity contribution is 0.0256. The fourth-order valence-corrected chi connectivity index (χ4v) is 2.88. The minimum absolute atomic E-state index is 0.222. The predicted molar refractivity (Wildman–Crippen MR) is 80.6 cm³/mol. The van der Waals surface area contributed by atoms with E-state index in [1.54, 1.807) is 4.90 Å². The topological polar surface area (TPSA) is 49.8 Å². The van der Waals surface area contributed by atoms with Crippen molar-refractivity contribution in [3.8, 4) is 0 Å². The third-order valence-corrected chi connectivity index (χ3v) is 3.97. The molecule has 0 aliphatic heterocycles. The average Bonchev–Trinajstić information content (AvgIpc) is 2.36. The standard InChI is InChI=1S/C16H31NO3/c1-16(2,3)20-15(19)17(4)12-14-9-7-13(8-10-14)6-5-11-18/h13-14,18H,5-12H2,1-4H3. The van der Waals surface area contributed by atoms with Gasteiger partial charge in [0.1, 0.15) is 5.60 Å². The Kier molecular flexibility index (Phi) is 6.80. The van der Waals surface area contributed by atoms with Crippen LogP contribution in [0.2, 0.25) is 0 Å². The zero-order chi connectivity index (χ0) is 15.2. The number of hydrogen-bond acceptors (Lipinski definition) is 3. The van der Waals surface area contributed by atoms with Gasteiger partial charge in [-0.2, -0.15) is 0 Å². The molecule has 0 radical (unpaired) electrons. The highest BCUT2D eigenvalue weighted by Gasteiger charge is 2.25. The number of rotatable bonds is 5. The van der Waals surface area contributed by atoms with Crippen molar-refractivity contribution in [2.45, 2.75) is 64.9 Å². The fraction of sp³-hybridized carbons (Fsp3) is 0.938. The Labute approximate surface area is 123 Å². The SMILES string of the molecule is CN(CC1CCC(CCCO)CC1)C(=O)OC(C)(C)C. The van der Waals surface area contributed by atoms with Crippen molar-refractivity contribution in [2.24, 2.45) is 11.8 Å². The third kappa shape index (κ3) is 6.60. The fourth-order valence-electron chi connectivity index (χ4n) is 2.88. The van der Waals surface area contributed by atoms with Gasteiger partial charge in [-0.15, -0.1) is 0 Å². The Bertz CT molecular complexity index is 291. The number of ether oxygens (including phenoxy) is 1. The third-order valence-electron chi connectivity index (χ3n) is 3.97. The molecule has 0 aromatic carbocycles. The second kappa shape index (κ2) is 7.87. The van der Waals surface area contributed by atoms with Crippen LogP contribution in [0.15, 0.2) is 0 Å². The van der Waals surface area contributed by atoms with Crippen LogP contribution in [0, 0.1) is 11.8 Å². The van der Waals surface area contributed by atoms with E-state index >= 15 is 0 Å². The lowest BCUT2D eigenvalue weighted by Crippen LogP contribution is -2.37. The van der Waals surface area contributed by atoms with E-state index in [2.05, 4.69) is 0 Å². The molecule has 1 fully saturated rings. The summed E-state index contributed by atoms with van der Waals surface area (Å²) in [6, 6.07) is 0. The van der Waals surface area contributed by atoms with E-state index in [0.29, 0.717) is 12.5 Å². The van der Waals surface area contributed by atoms with Crippen molar-refractivity contribution >= 4 is 6.09 Å². The van der Waals surface area contributed by atoms with Crippen LogP contribution in [0.5, 0.6) is 0 Å². The molecule has 0 heterocycles. The summed E-state index contributed by atoms with van der Waals surface area (Å²) in [7, 11) is 1.83. The molecule has 0 aromatic rings. The van der Waals surface area contributed by atoms with Gasteiger partial charge in [-0.3, -0.25) is 0 Å². The zero-order valence-electron chi connectivity index (χ0n) is 13.5. The van der Waals surface area contributed by atoms with Gasteiger partial charge in [-0.1, -0.05) is 12.8 Å². The molecule has 1 saturated carbocycles. The van der Waals surface area contributed by atoms with E-state index in [0.717, 1.165) is 25.3 Å². The summed E-state index contributed by atoms with van der Waals surface area (Å²) in [5.74, 6) is 1.36. The van der Waals surface area contributed by atoms with Crippen molar-refractivity contribution < 1.29 is 14.6 Å². The maximum absolute atomic E-state index is 11.9. The molecular weight excluding hydrogens is 254 g/mol. The smallest absolute Gasteiger partial charge is 0.410 e. The number of aliphatic hydroxyl groups is 1. The summed E-state index contributed by atoms with van der Waals surface area (Å²) in [5.41, 5.74) is -0.423. The van der Waals surface area contributed by atoms with Crippen molar-refractivity contribution in [2.75, 3.05) is 20.2 Å². The van der Waals surface area contributed by atoms with E-state index in [1.807, 2.05) is 27.8 Å². The van der Waals surface area contributed by atoms with Gasteiger partial charge in [0, 0.05) is 20.2 Å². The quantitative estimate of drug-likeness (QED) is 0.842. The molecule has 0 atom stereocenters. The molecule has 4 nitrogen and oxygen atoms in total. The highest BCUT2D eigenvalue weighted by atomic mass is 16.6. The highest BCUT2D eigenvalue weighted by molar-refractivity contribution is 5.67. The van der Waals surface area contributed by atoms with Gasteiger partial charge in [0.25, 0.3) is 0 Å². The molecule has 4 heteroatoms. The first-order chi connectivity index (χ1) is 9.31. The maximum Gasteiger partial charge on any atom is 0.410 e. The lowest BCUT2D eigenvalue weighted by atomic mass is 9.80. The van der Waals surface area contributed by atoms with Gasteiger partial charge in [0.05, 0.1) is 0 Å². The molecule has 0 bridgehead atoms. The summed E-state index contributed by atoms with van der Waals surface area (Å²) in [6.07, 6.45) is 6.67. The van der Waals surface area contributed by atoms with E-state index < -0.39 is 5.60 Å². The Morgan fingerprint density at radius 2 is 1.75 bits per heavy atom. The molecule has 1 aliphatic carbocycles. The van der Waals surface area contributed by atoms with Crippen LogP contribution < -0.4 is 0 Å². The summed E-state index contributed by atoms with van der Waals surface area (Å²) < 4.78 is 5.37. The number of hydrogen-bond donors (Lipinski definition) is 1. The molecule has 0 unspecified atom stereocenters. The number of carbonyl (C=O) groups is 1. The minimum atomic E-state index is -0.423. The van der Waals surface area contributed by atoms with Crippen LogP contribution in [-0.4, -0.2) is 41.9 Å². The normalized spacial score (nSPS) is 23.4. The van der Waals surface area contributed by atoms with Crippen molar-refractivity contribution in [3.05, 3.63) is 0 Å². The molecule has 1 amide bonds. The molecule has 0 saturated heterocycles. The maximum atomic E-state index is 11.9. The van der Waals surface area contributed by atoms with Crippen LogP contribution in [0.25, 0.3) is 0 Å². The Morgan fingerprint density at radius 3 is 2.25 bits per heavy atom. The Hall–Kier alpha value is -0.770. The second-order valence-corrected chi connectivity index (χ2v) is 7.11. The van der Waals surface area contributed by atoms with Crippen LogP contribution >= 0.6 is 0 Å². The second-order valence-electron chi connectivity index (χ2n) is 7.11. The predicted octanol–water partition coefficient (Wildman–Crippen LogP) is 3.43. The average molecular weight is 285 g/mol. The summed E-state index contributed by atoms with van der Waals surface area (Å²) in [4.78, 5) is 13.6. The first-order valence-electron chi connectivity index (χ1n) is 7.87. The van der Waals surface area contributed by atoms with E-state index in [9.17, 15) is 4.79 Å². The van der Waals surface area contributed by atoms with E-state index in [1.165, 1.54) is 25.7 Å². The van der Waals surface area contributed by atoms with Crippen LogP contribution in [0.3, 0.4) is 0 Å². The van der Waals surface area contributed by atoms with Gasteiger partial charge >= 0.3 is 6.09 Å². The molecule has 1 N–H and O–H groups in total. The number of nitrogens with zero attached hydrogens (tertiary/aromatic N) is 1. The Balaban J connectivity index is 2.27. The van der Waals surface area contributed by atoms with Crippen LogP contribution in [0.1, 0.15) is 59.3 Å². The minimum Gasteiger partial charge on any atom is -0.444 e.